The van der Waals surface area contributed by atoms with Gasteiger partial charge in [0.2, 0.25) is 0 Å². The van der Waals surface area contributed by atoms with Crippen molar-refractivity contribution in [1.29, 1.82) is 0 Å². The summed E-state index contributed by atoms with van der Waals surface area (Å²) in [5, 5.41) is 0. The summed E-state index contributed by atoms with van der Waals surface area (Å²) in [5.74, 6) is -0.674. The highest BCUT2D eigenvalue weighted by Crippen LogP contribution is 1.99. The predicted molar refractivity (Wildman–Crippen MR) is 81.6 cm³/mol. The second kappa shape index (κ2) is 9.00. The minimum absolute atomic E-state index is 0.0886. The number of rotatable bonds is 10. The van der Waals surface area contributed by atoms with E-state index < -0.39 is 0 Å². The Bertz CT molecular complexity index is 330. The molecular formula is C15H32N2O4+2. The molecule has 0 aliphatic heterocycles. The number of hydrogen-bond donors (Lipinski definition) is 0. The molecule has 0 aromatic carbocycles. The maximum Gasteiger partial charge on any atom is 0.306 e. The third kappa shape index (κ3) is 15.1. The van der Waals surface area contributed by atoms with Gasteiger partial charge in [0.25, 0.3) is 0 Å². The lowest BCUT2D eigenvalue weighted by molar-refractivity contribution is -0.870. The van der Waals surface area contributed by atoms with Gasteiger partial charge in [-0.3, -0.25) is 9.59 Å². The number of carbonyl (C=O) groups is 2. The molecule has 124 valence electrons. The minimum atomic E-state index is -0.341. The number of esters is 2. The maximum absolute atomic E-state index is 11.5. The molecule has 0 fully saturated rings. The summed E-state index contributed by atoms with van der Waals surface area (Å²) in [4.78, 5) is 22.9. The molecular weight excluding hydrogens is 272 g/mol. The first-order valence-corrected chi connectivity index (χ1v) is 7.42. The molecule has 0 aromatic rings. The van der Waals surface area contributed by atoms with E-state index in [4.69, 9.17) is 9.47 Å². The van der Waals surface area contributed by atoms with Gasteiger partial charge in [-0.1, -0.05) is 0 Å². The number of carbonyl (C=O) groups excluding carboxylic acids is 2. The Balaban J connectivity index is 3.62. The molecule has 21 heavy (non-hydrogen) atoms. The van der Waals surface area contributed by atoms with Crippen LogP contribution in [0.5, 0.6) is 0 Å². The topological polar surface area (TPSA) is 52.6 Å². The van der Waals surface area contributed by atoms with E-state index in [1.54, 1.807) is 0 Å². The highest BCUT2D eigenvalue weighted by Gasteiger charge is 2.12. The Hall–Kier alpha value is -1.14. The molecule has 0 aromatic heterocycles. The van der Waals surface area contributed by atoms with Crippen molar-refractivity contribution in [3.8, 4) is 0 Å². The minimum Gasteiger partial charge on any atom is -0.465 e. The van der Waals surface area contributed by atoms with E-state index in [1.807, 2.05) is 21.1 Å². The summed E-state index contributed by atoms with van der Waals surface area (Å²) >= 11 is 0. The lowest BCUT2D eigenvalue weighted by Crippen LogP contribution is -2.38. The van der Waals surface area contributed by atoms with Gasteiger partial charge in [0.15, 0.2) is 0 Å². The number of hydrogen-bond acceptors (Lipinski definition) is 4. The van der Waals surface area contributed by atoms with Crippen LogP contribution in [0.15, 0.2) is 0 Å². The molecule has 0 saturated heterocycles. The number of nitrogens with zero attached hydrogens (tertiary/aromatic N) is 2. The van der Waals surface area contributed by atoms with Gasteiger partial charge in [-0.2, -0.15) is 0 Å². The normalized spacial score (nSPS) is 12.1. The molecule has 0 N–H and O–H groups in total. The lowest BCUT2D eigenvalue weighted by atomic mass is 10.3. The first-order chi connectivity index (χ1) is 9.49. The van der Waals surface area contributed by atoms with E-state index in [0.29, 0.717) is 13.2 Å². The van der Waals surface area contributed by atoms with Gasteiger partial charge in [-0.15, -0.1) is 0 Å². The zero-order valence-corrected chi connectivity index (χ0v) is 14.5. The van der Waals surface area contributed by atoms with Crippen molar-refractivity contribution in [2.24, 2.45) is 0 Å². The SMILES string of the molecule is C[N+](C)(C)CCCOC(=O)CCC(=O)OCC[N+](C)(C)C. The first-order valence-electron chi connectivity index (χ1n) is 7.42. The third-order valence-corrected chi connectivity index (χ3v) is 2.79. The second-order valence-electron chi connectivity index (χ2n) is 7.32. The largest absolute Gasteiger partial charge is 0.465 e. The maximum atomic E-state index is 11.5. The van der Waals surface area contributed by atoms with Crippen LogP contribution in [-0.2, 0) is 19.1 Å². The van der Waals surface area contributed by atoms with E-state index in [2.05, 4.69) is 21.1 Å². The quantitative estimate of drug-likeness (QED) is 0.338. The Morgan fingerprint density at radius 3 is 1.57 bits per heavy atom. The molecule has 0 bridgehead atoms. The standard InChI is InChI=1S/C15H32N2O4/c1-16(2,3)10-7-12-20-14(18)8-9-15(19)21-13-11-17(4,5)6/h7-13H2,1-6H3/q+2. The van der Waals surface area contributed by atoms with Crippen molar-refractivity contribution in [1.82, 2.24) is 0 Å². The van der Waals surface area contributed by atoms with Crippen LogP contribution in [0, 0.1) is 0 Å². The second-order valence-corrected chi connectivity index (χ2v) is 7.32. The fourth-order valence-electron chi connectivity index (χ4n) is 1.51. The summed E-state index contributed by atoms with van der Waals surface area (Å²) in [6.45, 7) is 2.48. The monoisotopic (exact) mass is 304 g/mol. The molecule has 0 rings (SSSR count). The summed E-state index contributed by atoms with van der Waals surface area (Å²) in [5.41, 5.74) is 0. The Morgan fingerprint density at radius 1 is 0.714 bits per heavy atom. The van der Waals surface area contributed by atoms with Crippen LogP contribution in [0.3, 0.4) is 0 Å². The van der Waals surface area contributed by atoms with E-state index in [1.165, 1.54) is 0 Å². The van der Waals surface area contributed by atoms with Crippen molar-refractivity contribution in [3.63, 3.8) is 0 Å². The lowest BCUT2D eigenvalue weighted by Gasteiger charge is -2.23. The molecule has 0 radical (unpaired) electrons. The Morgan fingerprint density at radius 2 is 1.14 bits per heavy atom. The summed E-state index contributed by atoms with van der Waals surface area (Å²) in [6, 6.07) is 0. The molecule has 0 heterocycles. The highest BCUT2D eigenvalue weighted by atomic mass is 16.5. The van der Waals surface area contributed by atoms with Crippen molar-refractivity contribution in [2.75, 3.05) is 68.6 Å². The van der Waals surface area contributed by atoms with Gasteiger partial charge < -0.3 is 18.4 Å². The van der Waals surface area contributed by atoms with Crippen molar-refractivity contribution in [3.05, 3.63) is 0 Å². The van der Waals surface area contributed by atoms with Gasteiger partial charge in [-0.25, -0.2) is 0 Å². The zero-order chi connectivity index (χ0) is 16.5. The zero-order valence-electron chi connectivity index (χ0n) is 14.5. The molecule has 6 nitrogen and oxygen atoms in total. The van der Waals surface area contributed by atoms with Gasteiger partial charge in [0, 0.05) is 6.42 Å². The summed E-state index contributed by atoms with van der Waals surface area (Å²) < 4.78 is 11.7. The number of quaternary nitrogens is 2. The van der Waals surface area contributed by atoms with Crippen molar-refractivity contribution in [2.45, 2.75) is 19.3 Å². The average Bonchev–Trinajstić information content (AvgIpc) is 2.29. The molecule has 0 aliphatic rings. The number of ether oxygens (including phenoxy) is 2. The summed E-state index contributed by atoms with van der Waals surface area (Å²) in [7, 11) is 12.4. The van der Waals surface area contributed by atoms with Gasteiger partial charge in [0.1, 0.15) is 13.2 Å². The van der Waals surface area contributed by atoms with E-state index in [9.17, 15) is 9.59 Å². The average molecular weight is 304 g/mol. The molecule has 0 saturated carbocycles. The molecule has 0 unspecified atom stereocenters. The smallest absolute Gasteiger partial charge is 0.306 e. The van der Waals surface area contributed by atoms with E-state index in [-0.39, 0.29) is 24.8 Å². The van der Waals surface area contributed by atoms with Crippen LogP contribution in [0.1, 0.15) is 19.3 Å². The molecule has 0 atom stereocenters. The highest BCUT2D eigenvalue weighted by molar-refractivity contribution is 5.77. The van der Waals surface area contributed by atoms with Crippen LogP contribution < -0.4 is 0 Å². The van der Waals surface area contributed by atoms with Crippen LogP contribution in [-0.4, -0.2) is 89.5 Å². The van der Waals surface area contributed by atoms with E-state index in [0.717, 1.165) is 28.5 Å². The van der Waals surface area contributed by atoms with Crippen LogP contribution in [0.25, 0.3) is 0 Å². The van der Waals surface area contributed by atoms with Crippen LogP contribution in [0.4, 0.5) is 0 Å². The van der Waals surface area contributed by atoms with Crippen molar-refractivity contribution >= 4 is 11.9 Å². The fraction of sp³-hybridized carbons (Fsp3) is 0.867. The molecule has 0 aliphatic carbocycles. The van der Waals surface area contributed by atoms with Gasteiger partial charge in [0.05, 0.1) is 68.3 Å². The van der Waals surface area contributed by atoms with Crippen LogP contribution >= 0.6 is 0 Å². The summed E-state index contributed by atoms with van der Waals surface area (Å²) in [6.07, 6.45) is 1.00. The molecule has 0 amide bonds. The van der Waals surface area contributed by atoms with Crippen LogP contribution in [0.2, 0.25) is 0 Å². The molecule has 6 heteroatoms. The molecule has 0 spiro atoms. The predicted octanol–water partition coefficient (Wildman–Crippen LogP) is 0.656. The van der Waals surface area contributed by atoms with Gasteiger partial charge in [-0.05, 0) is 0 Å². The number of likely N-dealkylation sites (N-methyl/N-ethyl adjacent to an activating group) is 1. The van der Waals surface area contributed by atoms with E-state index >= 15 is 0 Å². The van der Waals surface area contributed by atoms with Gasteiger partial charge >= 0.3 is 11.9 Å². The fourth-order valence-corrected chi connectivity index (χ4v) is 1.51. The first kappa shape index (κ1) is 19.9. The third-order valence-electron chi connectivity index (χ3n) is 2.79. The Labute approximate surface area is 128 Å². The Kier molecular flexibility index (Phi) is 8.51. The van der Waals surface area contributed by atoms with Crippen molar-refractivity contribution < 1.29 is 28.0 Å².